The molecule has 0 amide bonds. The van der Waals surface area contributed by atoms with E-state index in [0.29, 0.717) is 18.1 Å². The van der Waals surface area contributed by atoms with E-state index in [4.69, 9.17) is 13.9 Å². The van der Waals surface area contributed by atoms with Crippen molar-refractivity contribution in [1.82, 2.24) is 10.2 Å². The second-order valence-electron chi connectivity index (χ2n) is 7.24. The van der Waals surface area contributed by atoms with Gasteiger partial charge in [0.2, 0.25) is 5.89 Å². The summed E-state index contributed by atoms with van der Waals surface area (Å²) in [4.78, 5) is 24.5. The molecule has 1 heterocycles. The Kier molecular flexibility index (Phi) is 7.54. The zero-order chi connectivity index (χ0) is 22.2. The van der Waals surface area contributed by atoms with Crippen LogP contribution >= 0.6 is 0 Å². The zero-order valence-electron chi connectivity index (χ0n) is 18.0. The molecule has 2 aromatic carbocycles. The molecule has 3 aromatic rings. The van der Waals surface area contributed by atoms with Gasteiger partial charge in [-0.3, -0.25) is 9.59 Å². The minimum absolute atomic E-state index is 0.0315. The molecule has 0 saturated heterocycles. The molecule has 0 N–H and O–H groups in total. The molecule has 0 aliphatic rings. The molecule has 162 valence electrons. The highest BCUT2D eigenvalue weighted by atomic mass is 16.6. The van der Waals surface area contributed by atoms with E-state index < -0.39 is 12.1 Å². The summed E-state index contributed by atoms with van der Waals surface area (Å²) in [6.07, 6.45) is 0.234. The third-order valence-electron chi connectivity index (χ3n) is 4.60. The lowest BCUT2D eigenvalue weighted by atomic mass is 10.1. The number of hydrogen-bond donors (Lipinski definition) is 0. The van der Waals surface area contributed by atoms with Gasteiger partial charge in [0.25, 0.3) is 5.89 Å². The molecule has 0 saturated carbocycles. The van der Waals surface area contributed by atoms with Crippen LogP contribution in [0.2, 0.25) is 0 Å². The first-order chi connectivity index (χ1) is 15.0. The first-order valence-corrected chi connectivity index (χ1v) is 10.3. The number of ether oxygens (including phenoxy) is 2. The molecule has 0 radical (unpaired) electrons. The molecular weight excluding hydrogens is 396 g/mol. The van der Waals surface area contributed by atoms with Gasteiger partial charge in [0.1, 0.15) is 5.75 Å². The van der Waals surface area contributed by atoms with Crippen molar-refractivity contribution in [2.45, 2.75) is 46.1 Å². The van der Waals surface area contributed by atoms with Gasteiger partial charge in [0, 0.05) is 17.5 Å². The van der Waals surface area contributed by atoms with Gasteiger partial charge in [-0.1, -0.05) is 24.6 Å². The van der Waals surface area contributed by atoms with Crippen molar-refractivity contribution < 1.29 is 23.5 Å². The molecule has 7 nitrogen and oxygen atoms in total. The van der Waals surface area contributed by atoms with Crippen LogP contribution in [-0.2, 0) is 9.53 Å². The molecule has 7 heteroatoms. The molecule has 1 unspecified atom stereocenters. The summed E-state index contributed by atoms with van der Waals surface area (Å²) in [5.74, 6) is 0.651. The largest absolute Gasteiger partial charge is 0.494 e. The minimum atomic E-state index is -0.704. The number of nitrogens with zero attached hydrogens (tertiary/aromatic N) is 2. The Balaban J connectivity index is 1.49. The number of hydrogen-bond acceptors (Lipinski definition) is 7. The van der Waals surface area contributed by atoms with Crippen molar-refractivity contribution in [1.29, 1.82) is 0 Å². The number of carbonyl (C=O) groups is 2. The van der Waals surface area contributed by atoms with Crippen LogP contribution in [-0.4, -0.2) is 28.6 Å². The maximum atomic E-state index is 12.3. The average Bonchev–Trinajstić information content (AvgIpc) is 3.27. The van der Waals surface area contributed by atoms with Crippen LogP contribution < -0.4 is 4.74 Å². The van der Waals surface area contributed by atoms with Gasteiger partial charge in [0.05, 0.1) is 13.0 Å². The summed E-state index contributed by atoms with van der Waals surface area (Å²) in [5.41, 5.74) is 2.45. The molecule has 3 rings (SSSR count). The summed E-state index contributed by atoms with van der Waals surface area (Å²) < 4.78 is 16.5. The quantitative estimate of drug-likeness (QED) is 0.331. The van der Waals surface area contributed by atoms with Gasteiger partial charge in [-0.05, 0) is 56.7 Å². The van der Waals surface area contributed by atoms with E-state index in [9.17, 15) is 9.59 Å². The number of Topliss-reactive ketones (excluding diaryl/α,β-unsaturated/α-hetero) is 1. The van der Waals surface area contributed by atoms with Crippen molar-refractivity contribution in [3.8, 4) is 17.2 Å². The number of benzene rings is 2. The van der Waals surface area contributed by atoms with Crippen LogP contribution in [0.15, 0.2) is 52.9 Å². The topological polar surface area (TPSA) is 91.5 Å². The highest BCUT2D eigenvalue weighted by Gasteiger charge is 2.20. The summed E-state index contributed by atoms with van der Waals surface area (Å²) in [7, 11) is 0. The lowest BCUT2D eigenvalue weighted by molar-refractivity contribution is -0.149. The van der Waals surface area contributed by atoms with Gasteiger partial charge in [-0.2, -0.15) is 0 Å². The lowest BCUT2D eigenvalue weighted by Crippen LogP contribution is -2.11. The maximum Gasteiger partial charge on any atom is 0.307 e. The predicted octanol–water partition coefficient (Wildman–Crippen LogP) is 5.10. The fourth-order valence-electron chi connectivity index (χ4n) is 2.84. The Labute approximate surface area is 181 Å². The standard InChI is InChI=1S/C24H26N2O5/c1-4-15-29-20-11-9-18(10-12-20)21(27)13-14-22(28)30-17(3)23-25-26-24(31-23)19-7-5-16(2)6-8-19/h5-12,17H,4,13-15H2,1-3H3. The Morgan fingerprint density at radius 2 is 1.71 bits per heavy atom. The Morgan fingerprint density at radius 3 is 2.39 bits per heavy atom. The van der Waals surface area contributed by atoms with Gasteiger partial charge >= 0.3 is 5.97 Å². The van der Waals surface area contributed by atoms with Crippen molar-refractivity contribution in [3.63, 3.8) is 0 Å². The van der Waals surface area contributed by atoms with E-state index in [-0.39, 0.29) is 24.5 Å². The second kappa shape index (κ2) is 10.5. The van der Waals surface area contributed by atoms with E-state index in [1.165, 1.54) is 0 Å². The van der Waals surface area contributed by atoms with E-state index >= 15 is 0 Å². The van der Waals surface area contributed by atoms with Gasteiger partial charge in [-0.15, -0.1) is 10.2 Å². The summed E-state index contributed by atoms with van der Waals surface area (Å²) in [6.45, 7) is 6.30. The number of rotatable bonds is 10. The Hall–Kier alpha value is -3.48. The molecule has 0 spiro atoms. The summed E-state index contributed by atoms with van der Waals surface area (Å²) in [6, 6.07) is 14.6. The third kappa shape index (κ3) is 6.25. The fraction of sp³-hybridized carbons (Fsp3) is 0.333. The van der Waals surface area contributed by atoms with E-state index in [1.54, 1.807) is 31.2 Å². The van der Waals surface area contributed by atoms with Crippen molar-refractivity contribution >= 4 is 11.8 Å². The Morgan fingerprint density at radius 1 is 1.00 bits per heavy atom. The Bertz CT molecular complexity index is 1010. The number of esters is 1. The first kappa shape index (κ1) is 22.2. The van der Waals surface area contributed by atoms with Crippen molar-refractivity contribution in [2.24, 2.45) is 0 Å². The van der Waals surface area contributed by atoms with Gasteiger partial charge in [-0.25, -0.2) is 0 Å². The third-order valence-corrected chi connectivity index (χ3v) is 4.60. The number of aryl methyl sites for hydroxylation is 1. The smallest absolute Gasteiger partial charge is 0.307 e. The van der Waals surface area contributed by atoms with Crippen molar-refractivity contribution in [3.05, 3.63) is 65.5 Å². The van der Waals surface area contributed by atoms with Crippen LogP contribution in [0.25, 0.3) is 11.5 Å². The highest BCUT2D eigenvalue weighted by molar-refractivity contribution is 5.97. The monoisotopic (exact) mass is 422 g/mol. The second-order valence-corrected chi connectivity index (χ2v) is 7.24. The molecular formula is C24H26N2O5. The molecule has 0 aliphatic heterocycles. The molecule has 1 atom stereocenters. The predicted molar refractivity (Wildman–Crippen MR) is 115 cm³/mol. The summed E-state index contributed by atoms with van der Waals surface area (Å²) in [5, 5.41) is 7.98. The van der Waals surface area contributed by atoms with Gasteiger partial charge < -0.3 is 13.9 Å². The van der Waals surface area contributed by atoms with E-state index in [2.05, 4.69) is 10.2 Å². The molecule has 0 bridgehead atoms. The minimum Gasteiger partial charge on any atom is -0.494 e. The average molecular weight is 422 g/mol. The number of aromatic nitrogens is 2. The normalized spacial score (nSPS) is 11.7. The van der Waals surface area contributed by atoms with Crippen LogP contribution in [0.3, 0.4) is 0 Å². The van der Waals surface area contributed by atoms with Crippen LogP contribution in [0.5, 0.6) is 5.75 Å². The molecule has 0 fully saturated rings. The highest BCUT2D eigenvalue weighted by Crippen LogP contribution is 2.23. The van der Waals surface area contributed by atoms with Gasteiger partial charge in [0.15, 0.2) is 11.9 Å². The van der Waals surface area contributed by atoms with Crippen molar-refractivity contribution in [2.75, 3.05) is 6.61 Å². The lowest BCUT2D eigenvalue weighted by Gasteiger charge is -2.09. The summed E-state index contributed by atoms with van der Waals surface area (Å²) >= 11 is 0. The van der Waals surface area contributed by atoms with E-state index in [0.717, 1.165) is 23.3 Å². The van der Waals surface area contributed by atoms with E-state index in [1.807, 2.05) is 38.1 Å². The fourth-order valence-corrected chi connectivity index (χ4v) is 2.84. The maximum absolute atomic E-state index is 12.3. The van der Waals surface area contributed by atoms with Crippen LogP contribution in [0, 0.1) is 6.92 Å². The van der Waals surface area contributed by atoms with Crippen LogP contribution in [0.4, 0.5) is 0 Å². The molecule has 31 heavy (non-hydrogen) atoms. The molecule has 0 aliphatic carbocycles. The zero-order valence-corrected chi connectivity index (χ0v) is 18.0. The SMILES string of the molecule is CCCOc1ccc(C(=O)CCC(=O)OC(C)c2nnc(-c3ccc(C)cc3)o2)cc1. The first-order valence-electron chi connectivity index (χ1n) is 10.3. The number of carbonyl (C=O) groups excluding carboxylic acids is 2. The molecule has 1 aromatic heterocycles. The van der Waals surface area contributed by atoms with Crippen LogP contribution in [0.1, 0.15) is 61.0 Å². The number of ketones is 1.